The SMILES string of the molecule is Cc1cc(Nc2nc(NC3CCC(N4CCOCC4)CC3)c3c4c(sc3n2)CCC4)n[nH]1. The number of hydrogen-bond acceptors (Lipinski definition) is 8. The van der Waals surface area contributed by atoms with E-state index in [0.29, 0.717) is 18.0 Å². The summed E-state index contributed by atoms with van der Waals surface area (Å²) in [7, 11) is 0. The first kappa shape index (κ1) is 20.4. The highest BCUT2D eigenvalue weighted by Crippen LogP contribution is 2.41. The lowest BCUT2D eigenvalue weighted by Gasteiger charge is -2.39. The smallest absolute Gasteiger partial charge is 0.231 e. The molecule has 2 fully saturated rings. The zero-order valence-corrected chi connectivity index (χ0v) is 19.4. The Morgan fingerprint density at radius 1 is 1.12 bits per heavy atom. The topological polar surface area (TPSA) is 91.0 Å². The quantitative estimate of drug-likeness (QED) is 0.538. The van der Waals surface area contributed by atoms with E-state index in [-0.39, 0.29) is 0 Å². The van der Waals surface area contributed by atoms with Crippen LogP contribution in [0.3, 0.4) is 0 Å². The Bertz CT molecular complexity index is 1100. The molecule has 4 heterocycles. The van der Waals surface area contributed by atoms with Crippen molar-refractivity contribution in [3.8, 4) is 0 Å². The number of aryl methyl sites for hydroxylation is 3. The molecule has 0 atom stereocenters. The van der Waals surface area contributed by atoms with E-state index in [1.165, 1.54) is 54.4 Å². The van der Waals surface area contributed by atoms with Crippen molar-refractivity contribution in [3.05, 3.63) is 22.2 Å². The minimum absolute atomic E-state index is 0.461. The lowest BCUT2D eigenvalue weighted by atomic mass is 9.90. The first-order chi connectivity index (χ1) is 15.7. The summed E-state index contributed by atoms with van der Waals surface area (Å²) in [6, 6.07) is 3.14. The third-order valence-electron chi connectivity index (χ3n) is 7.11. The summed E-state index contributed by atoms with van der Waals surface area (Å²) in [5, 5.41) is 15.7. The second kappa shape index (κ2) is 8.61. The lowest BCUT2D eigenvalue weighted by molar-refractivity contribution is 0.00791. The molecule has 0 radical (unpaired) electrons. The van der Waals surface area contributed by atoms with Crippen LogP contribution in [0.15, 0.2) is 6.07 Å². The first-order valence-corrected chi connectivity index (χ1v) is 12.7. The molecule has 1 saturated heterocycles. The molecule has 0 unspecified atom stereocenters. The molecule has 1 aliphatic heterocycles. The second-order valence-corrected chi connectivity index (χ2v) is 10.4. The summed E-state index contributed by atoms with van der Waals surface area (Å²) >= 11 is 1.83. The number of aromatic amines is 1. The van der Waals surface area contributed by atoms with Gasteiger partial charge in [0.25, 0.3) is 0 Å². The number of nitrogens with one attached hydrogen (secondary N) is 3. The van der Waals surface area contributed by atoms with Gasteiger partial charge in [0.15, 0.2) is 5.82 Å². The van der Waals surface area contributed by atoms with Crippen LogP contribution in [0, 0.1) is 6.92 Å². The predicted molar refractivity (Wildman–Crippen MR) is 128 cm³/mol. The molecule has 3 N–H and O–H groups in total. The van der Waals surface area contributed by atoms with Crippen LogP contribution in [0.25, 0.3) is 10.2 Å². The first-order valence-electron chi connectivity index (χ1n) is 11.9. The Labute approximate surface area is 192 Å². The van der Waals surface area contributed by atoms with Crippen molar-refractivity contribution in [3.63, 3.8) is 0 Å². The van der Waals surface area contributed by atoms with Crippen LogP contribution in [0.5, 0.6) is 0 Å². The minimum atomic E-state index is 0.461. The number of anilines is 3. The van der Waals surface area contributed by atoms with E-state index >= 15 is 0 Å². The van der Waals surface area contributed by atoms with Crippen molar-refractivity contribution in [1.29, 1.82) is 0 Å². The predicted octanol–water partition coefficient (Wildman–Crippen LogP) is 4.01. The number of hydrogen-bond donors (Lipinski definition) is 3. The van der Waals surface area contributed by atoms with E-state index in [1.54, 1.807) is 0 Å². The van der Waals surface area contributed by atoms with Gasteiger partial charge < -0.3 is 15.4 Å². The molecule has 6 rings (SSSR count). The molecule has 32 heavy (non-hydrogen) atoms. The van der Waals surface area contributed by atoms with Crippen molar-refractivity contribution in [2.24, 2.45) is 0 Å². The third-order valence-corrected chi connectivity index (χ3v) is 8.30. The number of thiophene rings is 1. The van der Waals surface area contributed by atoms with Crippen molar-refractivity contribution >= 4 is 39.1 Å². The normalized spacial score (nSPS) is 24.0. The van der Waals surface area contributed by atoms with Gasteiger partial charge in [-0.1, -0.05) is 0 Å². The number of H-pyrrole nitrogens is 1. The summed E-state index contributed by atoms with van der Waals surface area (Å²) in [5.74, 6) is 2.37. The van der Waals surface area contributed by atoms with Crippen LogP contribution in [0.4, 0.5) is 17.6 Å². The highest BCUT2D eigenvalue weighted by Gasteiger charge is 2.29. The maximum Gasteiger partial charge on any atom is 0.231 e. The van der Waals surface area contributed by atoms with Gasteiger partial charge in [-0.3, -0.25) is 10.00 Å². The van der Waals surface area contributed by atoms with Gasteiger partial charge in [0.1, 0.15) is 10.6 Å². The average molecular weight is 454 g/mol. The average Bonchev–Trinajstić information content (AvgIpc) is 3.51. The molecule has 0 amide bonds. The Balaban J connectivity index is 1.23. The van der Waals surface area contributed by atoms with E-state index in [4.69, 9.17) is 14.7 Å². The monoisotopic (exact) mass is 453 g/mol. The molecule has 0 aromatic carbocycles. The van der Waals surface area contributed by atoms with Crippen molar-refractivity contribution in [2.45, 2.75) is 64.0 Å². The van der Waals surface area contributed by atoms with Crippen LogP contribution in [-0.4, -0.2) is 63.5 Å². The number of morpholine rings is 1. The molecule has 9 heteroatoms. The molecular weight excluding hydrogens is 422 g/mol. The van der Waals surface area contributed by atoms with Crippen LogP contribution in [0.1, 0.15) is 48.2 Å². The fourth-order valence-corrected chi connectivity index (χ4v) is 6.74. The highest BCUT2D eigenvalue weighted by molar-refractivity contribution is 7.19. The number of nitrogens with zero attached hydrogens (tertiary/aromatic N) is 4. The standard InChI is InChI=1S/C23H31N7OS/c1-14-13-19(29-28-14)25-23-26-21(20-17-3-2-4-18(17)32-22(20)27-23)24-15-5-7-16(8-6-15)30-9-11-31-12-10-30/h13,15-16H,2-12H2,1H3,(H3,24,25,26,27,28,29). The summed E-state index contributed by atoms with van der Waals surface area (Å²) in [6.07, 6.45) is 8.40. The van der Waals surface area contributed by atoms with Gasteiger partial charge in [0.05, 0.1) is 18.6 Å². The molecule has 170 valence electrons. The van der Waals surface area contributed by atoms with Gasteiger partial charge in [0.2, 0.25) is 5.95 Å². The summed E-state index contributed by atoms with van der Waals surface area (Å²) in [6.45, 7) is 5.92. The van der Waals surface area contributed by atoms with Crippen LogP contribution in [0.2, 0.25) is 0 Å². The Hall–Kier alpha value is -2.23. The van der Waals surface area contributed by atoms with Gasteiger partial charge in [-0.05, 0) is 57.4 Å². The minimum Gasteiger partial charge on any atom is -0.379 e. The van der Waals surface area contributed by atoms with Gasteiger partial charge >= 0.3 is 0 Å². The molecule has 2 aliphatic carbocycles. The van der Waals surface area contributed by atoms with E-state index in [2.05, 4.69) is 25.7 Å². The van der Waals surface area contributed by atoms with Gasteiger partial charge in [-0.25, -0.2) is 4.98 Å². The molecule has 3 aromatic heterocycles. The fourth-order valence-electron chi connectivity index (χ4n) is 5.47. The molecule has 0 bridgehead atoms. The summed E-state index contributed by atoms with van der Waals surface area (Å²) < 4.78 is 5.54. The lowest BCUT2D eigenvalue weighted by Crippen LogP contribution is -2.46. The van der Waals surface area contributed by atoms with Crippen molar-refractivity contribution in [2.75, 3.05) is 36.9 Å². The Morgan fingerprint density at radius 2 is 1.97 bits per heavy atom. The second-order valence-electron chi connectivity index (χ2n) is 9.29. The summed E-state index contributed by atoms with van der Waals surface area (Å²) in [4.78, 5) is 15.0. The number of fused-ring (bicyclic) bond motifs is 3. The molecular formula is C23H31N7OS. The van der Waals surface area contributed by atoms with Gasteiger partial charge in [-0.2, -0.15) is 10.1 Å². The highest BCUT2D eigenvalue weighted by atomic mass is 32.1. The maximum atomic E-state index is 5.54. The third kappa shape index (κ3) is 3.97. The van der Waals surface area contributed by atoms with Crippen LogP contribution < -0.4 is 10.6 Å². The van der Waals surface area contributed by atoms with Gasteiger partial charge in [-0.15, -0.1) is 11.3 Å². The zero-order chi connectivity index (χ0) is 21.5. The largest absolute Gasteiger partial charge is 0.379 e. The van der Waals surface area contributed by atoms with Crippen LogP contribution in [-0.2, 0) is 17.6 Å². The number of ether oxygens (including phenoxy) is 1. The van der Waals surface area contributed by atoms with Crippen molar-refractivity contribution < 1.29 is 4.74 Å². The molecule has 3 aromatic rings. The molecule has 0 spiro atoms. The van der Waals surface area contributed by atoms with Crippen molar-refractivity contribution in [1.82, 2.24) is 25.1 Å². The van der Waals surface area contributed by atoms with E-state index < -0.39 is 0 Å². The van der Waals surface area contributed by atoms with E-state index in [9.17, 15) is 0 Å². The molecule has 8 nitrogen and oxygen atoms in total. The Kier molecular flexibility index (Phi) is 5.48. The fraction of sp³-hybridized carbons (Fsp3) is 0.609. The maximum absolute atomic E-state index is 5.54. The zero-order valence-electron chi connectivity index (χ0n) is 18.6. The Morgan fingerprint density at radius 3 is 2.75 bits per heavy atom. The van der Waals surface area contributed by atoms with Crippen LogP contribution >= 0.6 is 11.3 Å². The molecule has 1 saturated carbocycles. The summed E-state index contributed by atoms with van der Waals surface area (Å²) in [5.41, 5.74) is 2.48. The van der Waals surface area contributed by atoms with E-state index in [0.717, 1.165) is 54.9 Å². The number of aromatic nitrogens is 4. The van der Waals surface area contributed by atoms with Gasteiger partial charge in [0, 0.05) is 41.8 Å². The molecule has 3 aliphatic rings. The van der Waals surface area contributed by atoms with E-state index in [1.807, 2.05) is 24.3 Å². The number of rotatable bonds is 5.